The number of hydrogen-bond donors (Lipinski definition) is 1. The Morgan fingerprint density at radius 2 is 2.18 bits per heavy atom. The van der Waals surface area contributed by atoms with Crippen molar-refractivity contribution in [3.05, 3.63) is 39.6 Å². The van der Waals surface area contributed by atoms with E-state index in [9.17, 15) is 19.7 Å². The molecule has 0 amide bonds. The maximum absolute atomic E-state index is 11.4. The number of benzene rings is 1. The van der Waals surface area contributed by atoms with E-state index >= 15 is 0 Å². The van der Waals surface area contributed by atoms with Crippen molar-refractivity contribution >= 4 is 28.7 Å². The summed E-state index contributed by atoms with van der Waals surface area (Å²) in [6, 6.07) is 2.88. The number of nitrogens with zero attached hydrogens (tertiary/aromatic N) is 1. The Bertz CT molecular complexity index is 642. The van der Waals surface area contributed by atoms with Crippen LogP contribution in [0.25, 0.3) is 10.9 Å². The number of H-pyrrole nitrogens is 1. The molecule has 1 heterocycles. The van der Waals surface area contributed by atoms with Crippen molar-refractivity contribution in [3.63, 3.8) is 0 Å². The van der Waals surface area contributed by atoms with Crippen LogP contribution < -0.4 is 0 Å². The Labute approximate surface area is 95.4 Å². The lowest BCUT2D eigenvalue weighted by atomic mass is 10.0. The second-order valence-electron chi connectivity index (χ2n) is 3.57. The maximum atomic E-state index is 11.4. The minimum atomic E-state index is -0.695. The second-order valence-corrected chi connectivity index (χ2v) is 3.57. The van der Waals surface area contributed by atoms with Crippen molar-refractivity contribution in [2.24, 2.45) is 0 Å². The Kier molecular flexibility index (Phi) is 2.47. The van der Waals surface area contributed by atoms with E-state index < -0.39 is 10.7 Å². The number of hydrogen-bond acceptors (Lipinski definition) is 4. The number of aryl methyl sites for hydroxylation is 1. The van der Waals surface area contributed by atoms with Gasteiger partial charge in [-0.15, -0.1) is 0 Å². The largest absolute Gasteiger partial charge is 0.360 e. The molecule has 0 spiro atoms. The smallest absolute Gasteiger partial charge is 0.273 e. The molecule has 1 aromatic heterocycles. The molecule has 0 fully saturated rings. The lowest BCUT2D eigenvalue weighted by Gasteiger charge is -2.00. The topological polar surface area (TPSA) is 93.1 Å². The molecule has 0 unspecified atom stereocenters. The number of nitro benzene ring substituents is 1. The van der Waals surface area contributed by atoms with Gasteiger partial charge in [0.2, 0.25) is 5.78 Å². The van der Waals surface area contributed by atoms with Gasteiger partial charge in [0.1, 0.15) is 0 Å². The number of nitro groups is 1. The third kappa shape index (κ3) is 1.59. The fraction of sp³-hybridized carbons (Fsp3) is 0.0909. The molecule has 0 aliphatic rings. The molecule has 0 aliphatic heterocycles. The van der Waals surface area contributed by atoms with Crippen LogP contribution in [0.4, 0.5) is 5.69 Å². The minimum absolute atomic E-state index is 0.0722. The highest BCUT2D eigenvalue weighted by molar-refractivity contribution is 6.36. The second kappa shape index (κ2) is 3.82. The molecule has 6 heteroatoms. The average molecular weight is 232 g/mol. The Morgan fingerprint density at radius 3 is 2.76 bits per heavy atom. The highest BCUT2D eigenvalue weighted by Crippen LogP contribution is 2.29. The van der Waals surface area contributed by atoms with Crippen LogP contribution in [0.3, 0.4) is 0 Å². The minimum Gasteiger partial charge on any atom is -0.360 e. The zero-order valence-corrected chi connectivity index (χ0v) is 8.89. The Hall–Kier alpha value is -2.50. The van der Waals surface area contributed by atoms with Crippen molar-refractivity contribution in [2.45, 2.75) is 6.92 Å². The summed E-state index contributed by atoms with van der Waals surface area (Å²) in [5.74, 6) is -0.695. The monoisotopic (exact) mass is 232 g/mol. The van der Waals surface area contributed by atoms with E-state index in [-0.39, 0.29) is 17.5 Å². The molecule has 1 N–H and O–H groups in total. The predicted molar refractivity (Wildman–Crippen MR) is 60.1 cm³/mol. The molecule has 0 bridgehead atoms. The quantitative estimate of drug-likeness (QED) is 0.287. The van der Waals surface area contributed by atoms with Crippen LogP contribution in [0.15, 0.2) is 18.3 Å². The molecule has 0 radical (unpaired) electrons. The third-order valence-corrected chi connectivity index (χ3v) is 2.65. The van der Waals surface area contributed by atoms with Crippen LogP contribution in [-0.2, 0) is 4.79 Å². The molecule has 0 saturated carbocycles. The van der Waals surface area contributed by atoms with Crippen LogP contribution in [0.1, 0.15) is 15.9 Å². The summed E-state index contributed by atoms with van der Waals surface area (Å²) >= 11 is 0. The highest BCUT2D eigenvalue weighted by atomic mass is 16.6. The van der Waals surface area contributed by atoms with E-state index in [1.807, 2.05) is 0 Å². The Balaban J connectivity index is 2.82. The standard InChI is InChI=1S/C11H8N2O4/c1-6-9(13(16)17)3-2-8-11(6)7(4-12-8)10(15)5-14/h2-5,12H,1H3. The van der Waals surface area contributed by atoms with Gasteiger partial charge in [-0.05, 0) is 13.0 Å². The first-order valence-electron chi connectivity index (χ1n) is 4.81. The number of fused-ring (bicyclic) bond motifs is 1. The number of ketones is 1. The van der Waals surface area contributed by atoms with E-state index in [1.165, 1.54) is 18.3 Å². The molecule has 2 aromatic rings. The molecule has 6 nitrogen and oxygen atoms in total. The SMILES string of the molecule is Cc1c([N+](=O)[O-])ccc2[nH]cc(C(=O)C=O)c12. The maximum Gasteiger partial charge on any atom is 0.273 e. The fourth-order valence-electron chi connectivity index (χ4n) is 1.85. The fourth-order valence-corrected chi connectivity index (χ4v) is 1.85. The molecular formula is C11H8N2O4. The lowest BCUT2D eigenvalue weighted by molar-refractivity contribution is -0.385. The van der Waals surface area contributed by atoms with Gasteiger partial charge >= 0.3 is 0 Å². The van der Waals surface area contributed by atoms with Crippen LogP contribution in [0, 0.1) is 17.0 Å². The highest BCUT2D eigenvalue weighted by Gasteiger charge is 2.19. The molecule has 1 aromatic carbocycles. The van der Waals surface area contributed by atoms with Gasteiger partial charge in [-0.3, -0.25) is 19.7 Å². The van der Waals surface area contributed by atoms with Gasteiger partial charge in [-0.1, -0.05) is 0 Å². The summed E-state index contributed by atoms with van der Waals surface area (Å²) in [5.41, 5.74) is 1.06. The van der Waals surface area contributed by atoms with E-state index in [1.54, 1.807) is 6.92 Å². The van der Waals surface area contributed by atoms with E-state index in [4.69, 9.17) is 0 Å². The summed E-state index contributed by atoms with van der Waals surface area (Å²) in [6.45, 7) is 1.55. The van der Waals surface area contributed by atoms with E-state index in [0.29, 0.717) is 16.5 Å². The summed E-state index contributed by atoms with van der Waals surface area (Å²) in [7, 11) is 0. The predicted octanol–water partition coefficient (Wildman–Crippen LogP) is 1.77. The van der Waals surface area contributed by atoms with Gasteiger partial charge in [0.25, 0.3) is 5.69 Å². The van der Waals surface area contributed by atoms with E-state index in [2.05, 4.69) is 4.98 Å². The van der Waals surface area contributed by atoms with Crippen molar-refractivity contribution < 1.29 is 14.5 Å². The van der Waals surface area contributed by atoms with Gasteiger partial charge in [0, 0.05) is 28.7 Å². The molecular weight excluding hydrogens is 224 g/mol. The van der Waals surface area contributed by atoms with Crippen molar-refractivity contribution in [1.29, 1.82) is 0 Å². The van der Waals surface area contributed by atoms with Crippen molar-refractivity contribution in [3.8, 4) is 0 Å². The molecule has 0 atom stereocenters. The summed E-state index contributed by atoms with van der Waals surface area (Å²) in [5, 5.41) is 11.2. The first-order valence-corrected chi connectivity index (χ1v) is 4.81. The van der Waals surface area contributed by atoms with Crippen molar-refractivity contribution in [2.75, 3.05) is 0 Å². The van der Waals surface area contributed by atoms with Crippen molar-refractivity contribution in [1.82, 2.24) is 4.98 Å². The van der Waals surface area contributed by atoms with Crippen LogP contribution >= 0.6 is 0 Å². The average Bonchev–Trinajstić information content (AvgIpc) is 2.72. The number of rotatable bonds is 3. The van der Waals surface area contributed by atoms with Gasteiger partial charge in [-0.25, -0.2) is 0 Å². The zero-order chi connectivity index (χ0) is 12.6. The molecule has 0 saturated heterocycles. The van der Waals surface area contributed by atoms with Gasteiger partial charge in [-0.2, -0.15) is 0 Å². The molecule has 2 rings (SSSR count). The summed E-state index contributed by atoms with van der Waals surface area (Å²) in [4.78, 5) is 34.9. The number of aromatic nitrogens is 1. The van der Waals surface area contributed by atoms with E-state index in [0.717, 1.165) is 0 Å². The Morgan fingerprint density at radius 1 is 1.47 bits per heavy atom. The first kappa shape index (κ1) is 11.0. The number of nitrogens with one attached hydrogen (secondary N) is 1. The number of aromatic amines is 1. The van der Waals surface area contributed by atoms with Gasteiger partial charge in [0.15, 0.2) is 6.29 Å². The molecule has 86 valence electrons. The number of carbonyl (C=O) groups excluding carboxylic acids is 2. The number of Topliss-reactive ketones (excluding diaryl/α,β-unsaturated/α-hetero) is 1. The van der Waals surface area contributed by atoms with Crippen LogP contribution in [0.5, 0.6) is 0 Å². The lowest BCUT2D eigenvalue weighted by Crippen LogP contribution is -2.00. The first-order chi connectivity index (χ1) is 8.06. The molecule has 17 heavy (non-hydrogen) atoms. The number of carbonyl (C=O) groups is 2. The van der Waals surface area contributed by atoms with Crippen LogP contribution in [0.2, 0.25) is 0 Å². The number of aldehydes is 1. The van der Waals surface area contributed by atoms with Crippen LogP contribution in [-0.4, -0.2) is 22.0 Å². The van der Waals surface area contributed by atoms with Gasteiger partial charge < -0.3 is 4.98 Å². The van der Waals surface area contributed by atoms with Gasteiger partial charge in [0.05, 0.1) is 10.5 Å². The molecule has 0 aliphatic carbocycles. The summed E-state index contributed by atoms with van der Waals surface area (Å²) < 4.78 is 0. The normalized spacial score (nSPS) is 10.4. The third-order valence-electron chi connectivity index (χ3n) is 2.65. The zero-order valence-electron chi connectivity index (χ0n) is 8.89. The summed E-state index contributed by atoms with van der Waals surface area (Å²) in [6.07, 6.45) is 1.58.